The monoisotopic (exact) mass is 299 g/mol. The number of benzene rings is 1. The average Bonchev–Trinajstić information content (AvgIpc) is 3.07. The van der Waals surface area contributed by atoms with Crippen molar-refractivity contribution in [2.24, 2.45) is 0 Å². The van der Waals surface area contributed by atoms with E-state index >= 15 is 0 Å². The number of rotatable bonds is 4. The molecule has 0 aliphatic carbocycles. The van der Waals surface area contributed by atoms with Gasteiger partial charge < -0.3 is 9.42 Å². The molecule has 116 valence electrons. The molecule has 1 aromatic heterocycles. The summed E-state index contributed by atoms with van der Waals surface area (Å²) in [6, 6.07) is 8.35. The first kappa shape index (κ1) is 14.8. The van der Waals surface area contributed by atoms with Crippen molar-refractivity contribution in [3.63, 3.8) is 0 Å². The summed E-state index contributed by atoms with van der Waals surface area (Å²) < 4.78 is 5.26. The van der Waals surface area contributed by atoms with E-state index in [0.717, 1.165) is 12.0 Å². The Morgan fingerprint density at radius 2 is 2.05 bits per heavy atom. The highest BCUT2D eigenvalue weighted by Gasteiger charge is 2.35. The van der Waals surface area contributed by atoms with E-state index < -0.39 is 0 Å². The van der Waals surface area contributed by atoms with Crippen molar-refractivity contribution in [1.29, 1.82) is 0 Å². The lowest BCUT2D eigenvalue weighted by Crippen LogP contribution is -2.27. The zero-order valence-electron chi connectivity index (χ0n) is 13.2. The minimum atomic E-state index is -0.0986. The summed E-state index contributed by atoms with van der Waals surface area (Å²) in [5.74, 6) is 1.81. The number of amides is 1. The Labute approximate surface area is 130 Å². The van der Waals surface area contributed by atoms with Crippen LogP contribution in [0, 0.1) is 6.92 Å². The average molecular weight is 299 g/mol. The third kappa shape index (κ3) is 2.89. The summed E-state index contributed by atoms with van der Waals surface area (Å²) in [6.45, 7) is 6.72. The molecule has 1 atom stereocenters. The summed E-state index contributed by atoms with van der Waals surface area (Å²) in [6.07, 6.45) is 1.28. The molecule has 2 heterocycles. The molecule has 1 fully saturated rings. The van der Waals surface area contributed by atoms with Crippen molar-refractivity contribution in [1.82, 2.24) is 15.0 Å². The molecule has 3 rings (SSSR count). The van der Waals surface area contributed by atoms with Gasteiger partial charge in [0.05, 0.1) is 0 Å². The van der Waals surface area contributed by atoms with E-state index in [2.05, 4.69) is 48.3 Å². The highest BCUT2D eigenvalue weighted by molar-refractivity contribution is 5.78. The minimum absolute atomic E-state index is 0.0986. The van der Waals surface area contributed by atoms with Gasteiger partial charge in [0.15, 0.2) is 5.82 Å². The number of hydrogen-bond acceptors (Lipinski definition) is 4. The van der Waals surface area contributed by atoms with E-state index in [-0.39, 0.29) is 11.9 Å². The van der Waals surface area contributed by atoms with Gasteiger partial charge in [0.25, 0.3) is 0 Å². The van der Waals surface area contributed by atoms with Crippen molar-refractivity contribution in [3.05, 3.63) is 47.1 Å². The van der Waals surface area contributed by atoms with Gasteiger partial charge >= 0.3 is 0 Å². The fraction of sp³-hybridized carbons (Fsp3) is 0.471. The Bertz CT molecular complexity index is 661. The third-order valence-electron chi connectivity index (χ3n) is 4.16. The molecule has 0 N–H and O–H groups in total. The van der Waals surface area contributed by atoms with E-state index in [9.17, 15) is 4.79 Å². The number of nitrogens with zero attached hydrogens (tertiary/aromatic N) is 3. The predicted molar refractivity (Wildman–Crippen MR) is 82.1 cm³/mol. The Balaban J connectivity index is 1.78. The van der Waals surface area contributed by atoms with Crippen LogP contribution in [0.15, 0.2) is 28.8 Å². The second-order valence-electron chi connectivity index (χ2n) is 6.15. The molecule has 2 aromatic rings. The van der Waals surface area contributed by atoms with Crippen LogP contribution in [0.25, 0.3) is 0 Å². The van der Waals surface area contributed by atoms with Crippen LogP contribution in [0.1, 0.15) is 61.5 Å². The van der Waals surface area contributed by atoms with Crippen molar-refractivity contribution in [3.8, 4) is 0 Å². The van der Waals surface area contributed by atoms with Gasteiger partial charge in [0, 0.05) is 13.0 Å². The van der Waals surface area contributed by atoms with Crippen molar-refractivity contribution < 1.29 is 9.32 Å². The maximum atomic E-state index is 12.2. The molecule has 1 aromatic carbocycles. The number of hydrogen-bond donors (Lipinski definition) is 0. The Hall–Kier alpha value is -2.17. The van der Waals surface area contributed by atoms with Gasteiger partial charge in [-0.1, -0.05) is 43.3 Å². The van der Waals surface area contributed by atoms with Gasteiger partial charge in [0.1, 0.15) is 6.04 Å². The second-order valence-corrected chi connectivity index (χ2v) is 6.15. The third-order valence-corrected chi connectivity index (χ3v) is 4.16. The fourth-order valence-corrected chi connectivity index (χ4v) is 2.84. The maximum absolute atomic E-state index is 12.2. The lowest BCUT2D eigenvalue weighted by atomic mass is 10.0. The Morgan fingerprint density at radius 1 is 1.32 bits per heavy atom. The molecule has 1 saturated heterocycles. The van der Waals surface area contributed by atoms with Gasteiger partial charge in [0.2, 0.25) is 11.8 Å². The predicted octanol–water partition coefficient (Wildman–Crippen LogP) is 3.37. The molecule has 5 heteroatoms. The summed E-state index contributed by atoms with van der Waals surface area (Å²) >= 11 is 0. The molecule has 0 radical (unpaired) electrons. The molecule has 0 spiro atoms. The molecule has 1 amide bonds. The van der Waals surface area contributed by atoms with Gasteiger partial charge in [-0.05, 0) is 30.4 Å². The number of aryl methyl sites for hydroxylation is 1. The number of carbonyl (C=O) groups excluding carboxylic acids is 1. The minimum Gasteiger partial charge on any atom is -0.337 e. The molecular weight excluding hydrogens is 278 g/mol. The van der Waals surface area contributed by atoms with Crippen LogP contribution in [0.3, 0.4) is 0 Å². The summed E-state index contributed by atoms with van der Waals surface area (Å²) in [5, 5.41) is 3.83. The first-order valence-electron chi connectivity index (χ1n) is 7.73. The van der Waals surface area contributed by atoms with Gasteiger partial charge in [-0.25, -0.2) is 0 Å². The standard InChI is InChI=1S/C17H21N3O2/c1-11(2)14-6-4-13(5-7-14)10-20-15(8-9-16(20)21)17-18-12(3)19-22-17/h4-7,11,15H,8-10H2,1-3H3. The maximum Gasteiger partial charge on any atom is 0.249 e. The molecule has 0 bridgehead atoms. The summed E-state index contributed by atoms with van der Waals surface area (Å²) in [7, 11) is 0. The first-order chi connectivity index (χ1) is 10.5. The normalized spacial score (nSPS) is 18.5. The number of carbonyl (C=O) groups is 1. The first-order valence-corrected chi connectivity index (χ1v) is 7.73. The summed E-state index contributed by atoms with van der Waals surface area (Å²) in [4.78, 5) is 18.3. The van der Waals surface area contributed by atoms with E-state index in [1.54, 1.807) is 6.92 Å². The molecule has 1 aliphatic heterocycles. The number of aromatic nitrogens is 2. The van der Waals surface area contributed by atoms with Gasteiger partial charge in [-0.15, -0.1) is 0 Å². The number of likely N-dealkylation sites (tertiary alicyclic amines) is 1. The van der Waals surface area contributed by atoms with Crippen LogP contribution in [0.5, 0.6) is 0 Å². The SMILES string of the molecule is Cc1noc(C2CCC(=O)N2Cc2ccc(C(C)C)cc2)n1. The van der Waals surface area contributed by atoms with E-state index in [4.69, 9.17) is 4.52 Å². The molecule has 1 aliphatic rings. The highest BCUT2D eigenvalue weighted by Crippen LogP contribution is 2.33. The van der Waals surface area contributed by atoms with E-state index in [0.29, 0.717) is 30.6 Å². The Kier molecular flexibility index (Phi) is 3.96. The smallest absolute Gasteiger partial charge is 0.249 e. The van der Waals surface area contributed by atoms with Crippen LogP contribution < -0.4 is 0 Å². The van der Waals surface area contributed by atoms with Crippen LogP contribution in [0.2, 0.25) is 0 Å². The molecule has 1 unspecified atom stereocenters. The second kappa shape index (κ2) is 5.91. The quantitative estimate of drug-likeness (QED) is 0.868. The summed E-state index contributed by atoms with van der Waals surface area (Å²) in [5.41, 5.74) is 2.43. The zero-order valence-corrected chi connectivity index (χ0v) is 13.2. The fourth-order valence-electron chi connectivity index (χ4n) is 2.84. The van der Waals surface area contributed by atoms with Gasteiger partial charge in [-0.2, -0.15) is 4.98 Å². The molecule has 0 saturated carbocycles. The van der Waals surface area contributed by atoms with E-state index in [1.165, 1.54) is 5.56 Å². The van der Waals surface area contributed by atoms with Gasteiger partial charge in [-0.3, -0.25) is 4.79 Å². The Morgan fingerprint density at radius 3 is 2.64 bits per heavy atom. The van der Waals surface area contributed by atoms with Crippen molar-refractivity contribution >= 4 is 5.91 Å². The lowest BCUT2D eigenvalue weighted by molar-refractivity contribution is -0.129. The van der Waals surface area contributed by atoms with Crippen LogP contribution in [-0.4, -0.2) is 20.9 Å². The molecule has 5 nitrogen and oxygen atoms in total. The van der Waals surface area contributed by atoms with Crippen molar-refractivity contribution in [2.45, 2.75) is 52.1 Å². The van der Waals surface area contributed by atoms with Crippen molar-refractivity contribution in [2.75, 3.05) is 0 Å². The highest BCUT2D eigenvalue weighted by atomic mass is 16.5. The zero-order chi connectivity index (χ0) is 15.7. The molecule has 22 heavy (non-hydrogen) atoms. The topological polar surface area (TPSA) is 59.2 Å². The molecular formula is C17H21N3O2. The lowest BCUT2D eigenvalue weighted by Gasteiger charge is -2.22. The van der Waals surface area contributed by atoms with Crippen LogP contribution >= 0.6 is 0 Å². The largest absolute Gasteiger partial charge is 0.337 e. The van der Waals surface area contributed by atoms with Crippen LogP contribution in [-0.2, 0) is 11.3 Å². The van der Waals surface area contributed by atoms with Crippen LogP contribution in [0.4, 0.5) is 0 Å². The van der Waals surface area contributed by atoms with E-state index in [1.807, 2.05) is 4.90 Å².